The molecule has 140 valence electrons. The van der Waals surface area contributed by atoms with E-state index in [1.54, 1.807) is 24.7 Å². The summed E-state index contributed by atoms with van der Waals surface area (Å²) in [7, 11) is 1.63. The average molecular weight is 373 g/mol. The van der Waals surface area contributed by atoms with Crippen LogP contribution in [-0.4, -0.2) is 32.8 Å². The summed E-state index contributed by atoms with van der Waals surface area (Å²) in [6.45, 7) is 3.74. The van der Waals surface area contributed by atoms with Crippen molar-refractivity contribution in [3.63, 3.8) is 0 Å². The fraction of sp³-hybridized carbons (Fsp3) is 0.143. The van der Waals surface area contributed by atoms with E-state index in [1.165, 1.54) is 0 Å². The molecule has 4 aromatic rings. The van der Waals surface area contributed by atoms with Gasteiger partial charge < -0.3 is 10.1 Å². The lowest BCUT2D eigenvalue weighted by Gasteiger charge is -2.09. The van der Waals surface area contributed by atoms with Crippen LogP contribution in [0.1, 0.15) is 21.7 Å². The lowest BCUT2D eigenvalue weighted by Crippen LogP contribution is -2.19. The van der Waals surface area contributed by atoms with E-state index in [0.29, 0.717) is 11.3 Å². The van der Waals surface area contributed by atoms with Crippen molar-refractivity contribution in [2.24, 2.45) is 0 Å². The van der Waals surface area contributed by atoms with Gasteiger partial charge in [0.25, 0.3) is 5.91 Å². The number of nitrogens with zero attached hydrogens (tertiary/aromatic N) is 4. The lowest BCUT2D eigenvalue weighted by atomic mass is 10.1. The zero-order valence-corrected chi connectivity index (χ0v) is 15.8. The first kappa shape index (κ1) is 17.7. The van der Waals surface area contributed by atoms with Crippen molar-refractivity contribution in [1.82, 2.24) is 19.8 Å². The van der Waals surface area contributed by atoms with E-state index in [9.17, 15) is 4.79 Å². The number of carbonyl (C=O) groups excluding carboxylic acids is 1. The topological polar surface area (TPSA) is 81.4 Å². The summed E-state index contributed by atoms with van der Waals surface area (Å²) in [6.07, 6.45) is 1.72. The number of amides is 1. The van der Waals surface area contributed by atoms with Gasteiger partial charge in [0.1, 0.15) is 5.75 Å². The summed E-state index contributed by atoms with van der Waals surface area (Å²) in [5.74, 6) is 0.459. The molecule has 2 heterocycles. The predicted octanol–water partition coefficient (Wildman–Crippen LogP) is 3.67. The molecule has 4 rings (SSSR count). The molecule has 0 atom stereocenters. The highest BCUT2D eigenvalue weighted by atomic mass is 16.5. The molecular formula is C21H19N5O2. The fourth-order valence-electron chi connectivity index (χ4n) is 3.03. The number of anilines is 1. The van der Waals surface area contributed by atoms with E-state index in [2.05, 4.69) is 20.6 Å². The molecule has 0 bridgehead atoms. The van der Waals surface area contributed by atoms with Crippen molar-refractivity contribution in [2.75, 3.05) is 12.4 Å². The number of aromatic nitrogens is 4. The van der Waals surface area contributed by atoms with Crippen LogP contribution in [0.5, 0.6) is 5.75 Å². The van der Waals surface area contributed by atoms with Crippen molar-refractivity contribution in [2.45, 2.75) is 13.8 Å². The molecule has 7 nitrogen and oxygen atoms in total. The lowest BCUT2D eigenvalue weighted by molar-refractivity contribution is 0.102. The molecule has 0 unspecified atom stereocenters. The third kappa shape index (κ3) is 3.07. The molecular weight excluding hydrogens is 354 g/mol. The third-order valence-corrected chi connectivity index (χ3v) is 4.66. The van der Waals surface area contributed by atoms with Crippen LogP contribution in [0.3, 0.4) is 0 Å². The van der Waals surface area contributed by atoms with Crippen molar-refractivity contribution in [3.05, 3.63) is 71.7 Å². The van der Waals surface area contributed by atoms with Crippen LogP contribution in [0.2, 0.25) is 0 Å². The summed E-state index contributed by atoms with van der Waals surface area (Å²) >= 11 is 0. The predicted molar refractivity (Wildman–Crippen MR) is 107 cm³/mol. The third-order valence-electron chi connectivity index (χ3n) is 4.66. The summed E-state index contributed by atoms with van der Waals surface area (Å²) in [4.78, 5) is 12.7. The number of benzene rings is 2. The first-order valence-corrected chi connectivity index (χ1v) is 8.81. The Labute approximate surface area is 162 Å². The summed E-state index contributed by atoms with van der Waals surface area (Å²) in [6, 6.07) is 15.2. The van der Waals surface area contributed by atoms with Gasteiger partial charge in [-0.2, -0.15) is 5.10 Å². The molecule has 2 aromatic carbocycles. The molecule has 1 amide bonds. The number of rotatable bonds is 4. The Morgan fingerprint density at radius 3 is 2.50 bits per heavy atom. The second kappa shape index (κ2) is 7.11. The van der Waals surface area contributed by atoms with E-state index >= 15 is 0 Å². The van der Waals surface area contributed by atoms with Gasteiger partial charge in [0, 0.05) is 11.3 Å². The van der Waals surface area contributed by atoms with Gasteiger partial charge >= 0.3 is 0 Å². The maximum atomic E-state index is 12.7. The van der Waals surface area contributed by atoms with Gasteiger partial charge in [0.15, 0.2) is 11.3 Å². The zero-order chi connectivity index (χ0) is 19.7. The van der Waals surface area contributed by atoms with Crippen molar-refractivity contribution in [3.8, 4) is 16.9 Å². The molecule has 0 fully saturated rings. The normalized spacial score (nSPS) is 10.8. The monoisotopic (exact) mass is 373 g/mol. The Morgan fingerprint density at radius 2 is 1.79 bits per heavy atom. The average Bonchev–Trinajstić information content (AvgIpc) is 3.15. The van der Waals surface area contributed by atoms with E-state index in [0.717, 1.165) is 28.1 Å². The number of fused-ring (bicyclic) bond motifs is 1. The molecule has 28 heavy (non-hydrogen) atoms. The number of carbonyl (C=O) groups is 1. The first-order chi connectivity index (χ1) is 13.6. The van der Waals surface area contributed by atoms with Crippen molar-refractivity contribution < 1.29 is 9.53 Å². The smallest absolute Gasteiger partial charge is 0.278 e. The molecule has 7 heteroatoms. The molecule has 0 saturated heterocycles. The van der Waals surface area contributed by atoms with Crippen LogP contribution < -0.4 is 10.1 Å². The molecule has 0 saturated carbocycles. The highest BCUT2D eigenvalue weighted by molar-refractivity contribution is 6.04. The fourth-order valence-corrected chi connectivity index (χ4v) is 3.03. The van der Waals surface area contributed by atoms with Gasteiger partial charge in [-0.05, 0) is 43.2 Å². The van der Waals surface area contributed by atoms with Gasteiger partial charge in [-0.15, -0.1) is 10.2 Å². The second-order valence-electron chi connectivity index (χ2n) is 6.43. The minimum Gasteiger partial charge on any atom is -0.497 e. The number of nitrogens with one attached hydrogen (secondary N) is 1. The Hall–Kier alpha value is -3.74. The zero-order valence-electron chi connectivity index (χ0n) is 15.8. The van der Waals surface area contributed by atoms with Crippen molar-refractivity contribution >= 4 is 17.2 Å². The highest BCUT2D eigenvalue weighted by Crippen LogP contribution is 2.26. The first-order valence-electron chi connectivity index (χ1n) is 8.81. The Kier molecular flexibility index (Phi) is 4.49. The van der Waals surface area contributed by atoms with Gasteiger partial charge in [-0.1, -0.05) is 30.3 Å². The van der Waals surface area contributed by atoms with Crippen LogP contribution in [0.25, 0.3) is 16.8 Å². The van der Waals surface area contributed by atoms with Crippen LogP contribution in [0.15, 0.2) is 54.7 Å². The maximum Gasteiger partial charge on any atom is 0.278 e. The minimum atomic E-state index is -0.317. The largest absolute Gasteiger partial charge is 0.497 e. The highest BCUT2D eigenvalue weighted by Gasteiger charge is 2.18. The van der Waals surface area contributed by atoms with E-state index in [4.69, 9.17) is 4.74 Å². The number of hydrogen-bond donors (Lipinski definition) is 1. The Morgan fingerprint density at radius 1 is 1.04 bits per heavy atom. The Balaban J connectivity index is 1.70. The summed E-state index contributed by atoms with van der Waals surface area (Å²) in [5, 5.41) is 15.7. The van der Waals surface area contributed by atoms with Crippen LogP contribution >= 0.6 is 0 Å². The van der Waals surface area contributed by atoms with Gasteiger partial charge in [0.05, 0.1) is 19.0 Å². The number of hydrogen-bond acceptors (Lipinski definition) is 5. The molecule has 2 aromatic heterocycles. The van der Waals surface area contributed by atoms with E-state index in [-0.39, 0.29) is 11.6 Å². The maximum absolute atomic E-state index is 12.7. The summed E-state index contributed by atoms with van der Waals surface area (Å²) < 4.78 is 6.84. The van der Waals surface area contributed by atoms with Gasteiger partial charge in [-0.3, -0.25) is 4.79 Å². The van der Waals surface area contributed by atoms with Crippen molar-refractivity contribution in [1.29, 1.82) is 0 Å². The van der Waals surface area contributed by atoms with Crippen LogP contribution in [0.4, 0.5) is 5.69 Å². The molecule has 0 spiro atoms. The summed E-state index contributed by atoms with van der Waals surface area (Å²) in [5.41, 5.74) is 4.95. The molecule has 0 aliphatic carbocycles. The number of aryl methyl sites for hydroxylation is 2. The van der Waals surface area contributed by atoms with Crippen LogP contribution in [0, 0.1) is 13.8 Å². The van der Waals surface area contributed by atoms with Gasteiger partial charge in [-0.25, -0.2) is 4.52 Å². The standard InChI is InChI=1S/C21H19N5O2/c1-13-6-4-5-7-18(13)23-21(27)19-14(2)26-20(25-24-19)17(12-22-26)15-8-10-16(28-3)11-9-15/h4-12H,1-3H3,(H,23,27). The number of methoxy groups -OCH3 is 1. The molecule has 0 radical (unpaired) electrons. The van der Waals surface area contributed by atoms with E-state index < -0.39 is 0 Å². The molecule has 0 aliphatic heterocycles. The molecule has 0 aliphatic rings. The number of ether oxygens (including phenoxy) is 1. The minimum absolute atomic E-state index is 0.236. The quantitative estimate of drug-likeness (QED) is 0.590. The van der Waals surface area contributed by atoms with Crippen LogP contribution in [-0.2, 0) is 0 Å². The SMILES string of the molecule is COc1ccc(-c2cnn3c(C)c(C(=O)Nc4ccccc4C)nnc23)cc1. The Bertz CT molecular complexity index is 1170. The van der Waals surface area contributed by atoms with E-state index in [1.807, 2.05) is 55.5 Å². The van der Waals surface area contributed by atoms with Gasteiger partial charge in [0.2, 0.25) is 0 Å². The molecule has 1 N–H and O–H groups in total. The number of para-hydroxylation sites is 1. The second-order valence-corrected chi connectivity index (χ2v) is 6.43.